The summed E-state index contributed by atoms with van der Waals surface area (Å²) in [5, 5.41) is 0. The second-order valence-electron chi connectivity index (χ2n) is 4.36. The van der Waals surface area contributed by atoms with Gasteiger partial charge in [0, 0.05) is 35.8 Å². The van der Waals surface area contributed by atoms with Crippen LogP contribution in [0, 0.1) is 13.8 Å². The summed E-state index contributed by atoms with van der Waals surface area (Å²) < 4.78 is 16.6. The third kappa shape index (κ3) is 4.70. The molecule has 0 N–H and O–H groups in total. The molecule has 1 unspecified atom stereocenters. The second-order valence-corrected chi connectivity index (χ2v) is 5.93. The molecule has 0 amide bonds. The lowest BCUT2D eigenvalue weighted by atomic mass is 10.0. The van der Waals surface area contributed by atoms with Crippen LogP contribution < -0.4 is 0 Å². The van der Waals surface area contributed by atoms with Crippen LogP contribution in [0.5, 0.6) is 0 Å². The Kier molecular flexibility index (Phi) is 6.22. The number of aryl methyl sites for hydroxylation is 2. The molecule has 0 aliphatic heterocycles. The van der Waals surface area contributed by atoms with Gasteiger partial charge >= 0.3 is 0 Å². The lowest BCUT2D eigenvalue weighted by Gasteiger charge is -2.05. The van der Waals surface area contributed by atoms with Gasteiger partial charge in [0.25, 0.3) is 0 Å². The van der Waals surface area contributed by atoms with Crippen LogP contribution in [0.1, 0.15) is 27.9 Å². The molecule has 0 aliphatic rings. The number of ketones is 1. The van der Waals surface area contributed by atoms with Gasteiger partial charge in [0.15, 0.2) is 5.78 Å². The van der Waals surface area contributed by atoms with Gasteiger partial charge in [-0.25, -0.2) is 0 Å². The zero-order valence-corrected chi connectivity index (χ0v) is 12.0. The highest BCUT2D eigenvalue weighted by atomic mass is 32.2. The maximum atomic E-state index is 11.9. The van der Waals surface area contributed by atoms with Gasteiger partial charge in [-0.15, -0.1) is 0 Å². The molecular weight excluding hydrogens is 248 g/mol. The first kappa shape index (κ1) is 15.1. The van der Waals surface area contributed by atoms with Crippen molar-refractivity contribution in [2.24, 2.45) is 0 Å². The van der Waals surface area contributed by atoms with Crippen molar-refractivity contribution < 1.29 is 13.7 Å². The molecule has 0 spiro atoms. The van der Waals surface area contributed by atoms with E-state index in [2.05, 4.69) is 0 Å². The van der Waals surface area contributed by atoms with Gasteiger partial charge < -0.3 is 4.74 Å². The van der Waals surface area contributed by atoms with E-state index in [1.165, 1.54) is 0 Å². The average molecular weight is 268 g/mol. The molecule has 0 saturated heterocycles. The van der Waals surface area contributed by atoms with Crippen molar-refractivity contribution in [1.29, 1.82) is 0 Å². The van der Waals surface area contributed by atoms with Crippen LogP contribution in [0.25, 0.3) is 0 Å². The molecule has 0 aliphatic carbocycles. The highest BCUT2D eigenvalue weighted by molar-refractivity contribution is 7.85. The molecule has 100 valence electrons. The Balaban J connectivity index is 2.54. The number of carbonyl (C=O) groups is 1. The average Bonchev–Trinajstić information content (AvgIpc) is 2.33. The van der Waals surface area contributed by atoms with Gasteiger partial charge in [0.1, 0.15) is 0 Å². The maximum absolute atomic E-state index is 11.9. The van der Waals surface area contributed by atoms with Crippen LogP contribution in [0.2, 0.25) is 0 Å². The summed E-state index contributed by atoms with van der Waals surface area (Å²) in [5.41, 5.74) is 2.90. The van der Waals surface area contributed by atoms with Crippen LogP contribution in [0.15, 0.2) is 18.2 Å². The number of Topliss-reactive ketones (excluding diaryl/α,β-unsaturated/α-hetero) is 1. The summed E-state index contributed by atoms with van der Waals surface area (Å²) in [6, 6.07) is 5.59. The van der Waals surface area contributed by atoms with Gasteiger partial charge in [-0.2, -0.15) is 0 Å². The third-order valence-electron chi connectivity index (χ3n) is 2.84. The van der Waals surface area contributed by atoms with Crippen LogP contribution in [-0.2, 0) is 15.5 Å². The SMILES string of the molecule is COCCCS(=O)CC(=O)c1ccc(C)c(C)c1. The number of rotatable bonds is 7. The third-order valence-corrected chi connectivity index (χ3v) is 4.17. The van der Waals surface area contributed by atoms with E-state index in [1.807, 2.05) is 26.0 Å². The van der Waals surface area contributed by atoms with Gasteiger partial charge in [-0.3, -0.25) is 9.00 Å². The molecule has 0 aromatic heterocycles. The molecular formula is C14H20O3S. The predicted octanol–water partition coefficient (Wildman–Crippen LogP) is 2.27. The molecule has 0 fully saturated rings. The molecule has 0 bridgehead atoms. The first-order valence-corrected chi connectivity index (χ1v) is 7.47. The van der Waals surface area contributed by atoms with Gasteiger partial charge in [-0.1, -0.05) is 12.1 Å². The van der Waals surface area contributed by atoms with Gasteiger partial charge in [-0.05, 0) is 37.5 Å². The Morgan fingerprint density at radius 2 is 2.00 bits per heavy atom. The van der Waals surface area contributed by atoms with Crippen molar-refractivity contribution in [3.8, 4) is 0 Å². The lowest BCUT2D eigenvalue weighted by molar-refractivity contribution is 0.102. The van der Waals surface area contributed by atoms with E-state index >= 15 is 0 Å². The number of ether oxygens (including phenoxy) is 1. The highest BCUT2D eigenvalue weighted by Crippen LogP contribution is 2.11. The maximum Gasteiger partial charge on any atom is 0.175 e. The number of hydrogen-bond acceptors (Lipinski definition) is 3. The Morgan fingerprint density at radius 1 is 1.28 bits per heavy atom. The minimum Gasteiger partial charge on any atom is -0.385 e. The van der Waals surface area contributed by atoms with Crippen LogP contribution >= 0.6 is 0 Å². The van der Waals surface area contributed by atoms with E-state index in [9.17, 15) is 9.00 Å². The smallest absolute Gasteiger partial charge is 0.175 e. The normalized spacial score (nSPS) is 12.4. The second kappa shape index (κ2) is 7.44. The summed E-state index contributed by atoms with van der Waals surface area (Å²) in [6.45, 7) is 4.57. The Labute approximate surface area is 111 Å². The molecule has 1 atom stereocenters. The molecule has 0 radical (unpaired) electrons. The standard InChI is InChI=1S/C14H20O3S/c1-11-5-6-13(9-12(11)2)14(15)10-18(16)8-4-7-17-3/h5-6,9H,4,7-8,10H2,1-3H3. The molecule has 1 aromatic carbocycles. The minimum atomic E-state index is -1.09. The van der Waals surface area contributed by atoms with Gasteiger partial charge in [0.2, 0.25) is 0 Å². The fourth-order valence-electron chi connectivity index (χ4n) is 1.58. The summed E-state index contributed by atoms with van der Waals surface area (Å²) in [7, 11) is 0.521. The van der Waals surface area contributed by atoms with Crippen LogP contribution in [-0.4, -0.2) is 35.2 Å². The Bertz CT molecular complexity index is 441. The first-order chi connectivity index (χ1) is 8.54. The topological polar surface area (TPSA) is 43.4 Å². The van der Waals surface area contributed by atoms with Crippen molar-refractivity contribution in [2.75, 3.05) is 25.2 Å². The largest absolute Gasteiger partial charge is 0.385 e. The Morgan fingerprint density at radius 3 is 2.61 bits per heavy atom. The van der Waals surface area contributed by atoms with Crippen LogP contribution in [0.3, 0.4) is 0 Å². The molecule has 1 aromatic rings. The summed E-state index contributed by atoms with van der Waals surface area (Å²) in [6.07, 6.45) is 0.726. The monoisotopic (exact) mass is 268 g/mol. The molecule has 1 rings (SSSR count). The van der Waals surface area contributed by atoms with Crippen molar-refractivity contribution in [3.05, 3.63) is 34.9 Å². The first-order valence-electron chi connectivity index (χ1n) is 5.99. The van der Waals surface area contributed by atoms with Crippen molar-refractivity contribution in [1.82, 2.24) is 0 Å². The summed E-state index contributed by atoms with van der Waals surface area (Å²) in [5.74, 6) is 0.574. The number of benzene rings is 1. The van der Waals surface area contributed by atoms with Crippen molar-refractivity contribution in [3.63, 3.8) is 0 Å². The van der Waals surface area contributed by atoms with E-state index < -0.39 is 10.8 Å². The van der Waals surface area contributed by atoms with Crippen LogP contribution in [0.4, 0.5) is 0 Å². The molecule has 3 nitrogen and oxygen atoms in total. The minimum absolute atomic E-state index is 0.0474. The quantitative estimate of drug-likeness (QED) is 0.563. The molecule has 4 heteroatoms. The fraction of sp³-hybridized carbons (Fsp3) is 0.500. The van der Waals surface area contributed by atoms with E-state index in [0.717, 1.165) is 17.5 Å². The fourth-order valence-corrected chi connectivity index (χ4v) is 2.62. The van der Waals surface area contributed by atoms with Crippen molar-refractivity contribution >= 4 is 16.6 Å². The number of carbonyl (C=O) groups excluding carboxylic acids is 1. The van der Waals surface area contributed by atoms with E-state index in [1.54, 1.807) is 13.2 Å². The Hall–Kier alpha value is -1.00. The molecule has 0 saturated carbocycles. The van der Waals surface area contributed by atoms with E-state index in [-0.39, 0.29) is 11.5 Å². The van der Waals surface area contributed by atoms with E-state index in [4.69, 9.17) is 4.74 Å². The lowest BCUT2D eigenvalue weighted by Crippen LogP contribution is -2.14. The number of methoxy groups -OCH3 is 1. The molecule has 18 heavy (non-hydrogen) atoms. The summed E-state index contributed by atoms with van der Waals surface area (Å²) in [4.78, 5) is 11.9. The van der Waals surface area contributed by atoms with E-state index in [0.29, 0.717) is 17.9 Å². The predicted molar refractivity (Wildman–Crippen MR) is 74.6 cm³/mol. The highest BCUT2D eigenvalue weighted by Gasteiger charge is 2.11. The zero-order valence-electron chi connectivity index (χ0n) is 11.2. The number of hydrogen-bond donors (Lipinski definition) is 0. The zero-order chi connectivity index (χ0) is 13.5. The van der Waals surface area contributed by atoms with Crippen molar-refractivity contribution in [2.45, 2.75) is 20.3 Å². The van der Waals surface area contributed by atoms with Gasteiger partial charge in [0.05, 0.1) is 5.75 Å². The summed E-state index contributed by atoms with van der Waals surface area (Å²) >= 11 is 0. The molecule has 0 heterocycles.